The van der Waals surface area contributed by atoms with Crippen LogP contribution in [0.3, 0.4) is 0 Å². The van der Waals surface area contributed by atoms with E-state index in [2.05, 4.69) is 6.07 Å². The molecule has 0 bridgehead atoms. The van der Waals surface area contributed by atoms with Crippen molar-refractivity contribution in [1.29, 1.82) is 5.41 Å². The number of nitrogen functional groups attached to an aromatic ring is 1. The summed E-state index contributed by atoms with van der Waals surface area (Å²) in [6.45, 7) is 0. The van der Waals surface area contributed by atoms with Gasteiger partial charge in [0, 0.05) is 16.6 Å². The zero-order chi connectivity index (χ0) is 11.4. The van der Waals surface area contributed by atoms with E-state index in [1.54, 1.807) is 0 Å². The van der Waals surface area contributed by atoms with Crippen LogP contribution in [0.15, 0.2) is 24.3 Å². The fraction of sp³-hybridized carbons (Fsp3) is 0.462. The first-order chi connectivity index (χ1) is 7.77. The van der Waals surface area contributed by atoms with Crippen molar-refractivity contribution in [2.75, 3.05) is 0 Å². The Morgan fingerprint density at radius 3 is 2.69 bits per heavy atom. The second-order valence-electron chi connectivity index (χ2n) is 4.29. The van der Waals surface area contributed by atoms with Crippen molar-refractivity contribution < 1.29 is 0 Å². The quantitative estimate of drug-likeness (QED) is 0.621. The molecule has 3 N–H and O–H groups in total. The van der Waals surface area contributed by atoms with Crippen LogP contribution in [0.4, 0.5) is 0 Å². The van der Waals surface area contributed by atoms with Crippen LogP contribution >= 0.6 is 11.8 Å². The van der Waals surface area contributed by atoms with Crippen LogP contribution in [0, 0.1) is 5.41 Å². The molecule has 86 valence electrons. The van der Waals surface area contributed by atoms with Crippen molar-refractivity contribution in [2.24, 2.45) is 5.73 Å². The molecule has 1 aliphatic rings. The molecule has 16 heavy (non-hydrogen) atoms. The molecule has 3 heteroatoms. The maximum atomic E-state index is 7.53. The third-order valence-electron chi connectivity index (χ3n) is 3.08. The molecule has 0 atom stereocenters. The Kier molecular flexibility index (Phi) is 3.88. The minimum Gasteiger partial charge on any atom is -0.384 e. The Morgan fingerprint density at radius 2 is 2.00 bits per heavy atom. The van der Waals surface area contributed by atoms with Gasteiger partial charge in [-0.1, -0.05) is 37.1 Å². The van der Waals surface area contributed by atoms with E-state index in [9.17, 15) is 0 Å². The average molecular weight is 234 g/mol. The summed E-state index contributed by atoms with van der Waals surface area (Å²) < 4.78 is 0. The van der Waals surface area contributed by atoms with Crippen LogP contribution in [-0.2, 0) is 5.75 Å². The highest BCUT2D eigenvalue weighted by Gasteiger charge is 2.16. The predicted octanol–water partition coefficient (Wildman–Crippen LogP) is 3.15. The molecule has 1 fully saturated rings. The van der Waals surface area contributed by atoms with Gasteiger partial charge in [-0.05, 0) is 18.4 Å². The summed E-state index contributed by atoms with van der Waals surface area (Å²) in [5.74, 6) is 1.17. The second-order valence-corrected chi connectivity index (χ2v) is 5.58. The molecule has 1 aliphatic carbocycles. The number of amidine groups is 1. The van der Waals surface area contributed by atoms with Gasteiger partial charge in [0.2, 0.25) is 0 Å². The molecule has 2 nitrogen and oxygen atoms in total. The number of benzene rings is 1. The first-order valence-corrected chi connectivity index (χ1v) is 6.86. The molecule has 0 spiro atoms. The number of nitrogens with two attached hydrogens (primary N) is 1. The SMILES string of the molecule is N=C(N)c1ccccc1CSC1CCCC1. The highest BCUT2D eigenvalue weighted by Crippen LogP contribution is 2.32. The number of hydrogen-bond donors (Lipinski definition) is 2. The van der Waals surface area contributed by atoms with Crippen LogP contribution in [0.1, 0.15) is 36.8 Å². The van der Waals surface area contributed by atoms with E-state index in [0.717, 1.165) is 16.6 Å². The van der Waals surface area contributed by atoms with Gasteiger partial charge in [0.15, 0.2) is 0 Å². The van der Waals surface area contributed by atoms with Gasteiger partial charge < -0.3 is 5.73 Å². The van der Waals surface area contributed by atoms with Crippen LogP contribution < -0.4 is 5.73 Å². The van der Waals surface area contributed by atoms with Crippen molar-refractivity contribution in [2.45, 2.75) is 36.7 Å². The van der Waals surface area contributed by atoms with Gasteiger partial charge in [-0.3, -0.25) is 5.41 Å². The van der Waals surface area contributed by atoms with Gasteiger partial charge in [0.25, 0.3) is 0 Å². The lowest BCUT2D eigenvalue weighted by molar-refractivity contribution is 0.886. The summed E-state index contributed by atoms with van der Waals surface area (Å²) in [5, 5.41) is 8.35. The largest absolute Gasteiger partial charge is 0.384 e. The fourth-order valence-electron chi connectivity index (χ4n) is 2.17. The van der Waals surface area contributed by atoms with Gasteiger partial charge in [-0.2, -0.15) is 11.8 Å². The third-order valence-corrected chi connectivity index (χ3v) is 4.50. The molecule has 0 unspecified atom stereocenters. The van der Waals surface area contributed by atoms with Crippen molar-refractivity contribution in [3.8, 4) is 0 Å². The molecular formula is C13H18N2S. The summed E-state index contributed by atoms with van der Waals surface area (Å²) in [6, 6.07) is 7.99. The van der Waals surface area contributed by atoms with Gasteiger partial charge in [-0.25, -0.2) is 0 Å². The van der Waals surface area contributed by atoms with Gasteiger partial charge in [0.05, 0.1) is 0 Å². The molecule has 0 aliphatic heterocycles. The summed E-state index contributed by atoms with van der Waals surface area (Å²) in [7, 11) is 0. The first-order valence-electron chi connectivity index (χ1n) is 5.81. The van der Waals surface area contributed by atoms with Crippen molar-refractivity contribution in [1.82, 2.24) is 0 Å². The third kappa shape index (κ3) is 2.79. The van der Waals surface area contributed by atoms with Crippen LogP contribution in [0.25, 0.3) is 0 Å². The average Bonchev–Trinajstić information content (AvgIpc) is 2.79. The molecule has 0 amide bonds. The van der Waals surface area contributed by atoms with Crippen LogP contribution in [-0.4, -0.2) is 11.1 Å². The first kappa shape index (κ1) is 11.5. The molecule has 1 aromatic rings. The van der Waals surface area contributed by atoms with E-state index in [4.69, 9.17) is 11.1 Å². The van der Waals surface area contributed by atoms with Crippen molar-refractivity contribution >= 4 is 17.6 Å². The van der Waals surface area contributed by atoms with Gasteiger partial charge in [0.1, 0.15) is 5.84 Å². The predicted molar refractivity (Wildman–Crippen MR) is 71.0 cm³/mol. The van der Waals surface area contributed by atoms with Crippen LogP contribution in [0.2, 0.25) is 0 Å². The summed E-state index contributed by atoms with van der Waals surface area (Å²) in [6.07, 6.45) is 5.47. The molecule has 0 saturated heterocycles. The molecule has 1 saturated carbocycles. The second kappa shape index (κ2) is 5.39. The molecule has 2 rings (SSSR count). The molecule has 0 aromatic heterocycles. The number of rotatable bonds is 4. The molecule has 0 radical (unpaired) electrons. The van der Waals surface area contributed by atoms with Crippen molar-refractivity contribution in [3.05, 3.63) is 35.4 Å². The van der Waals surface area contributed by atoms with Crippen LogP contribution in [0.5, 0.6) is 0 Å². The minimum absolute atomic E-state index is 0.183. The Morgan fingerprint density at radius 1 is 1.31 bits per heavy atom. The van der Waals surface area contributed by atoms with Gasteiger partial charge in [-0.15, -0.1) is 0 Å². The maximum Gasteiger partial charge on any atom is 0.123 e. The van der Waals surface area contributed by atoms with E-state index in [-0.39, 0.29) is 5.84 Å². The van der Waals surface area contributed by atoms with E-state index >= 15 is 0 Å². The fourth-order valence-corrected chi connectivity index (χ4v) is 3.51. The summed E-state index contributed by atoms with van der Waals surface area (Å²) in [4.78, 5) is 0. The molecule has 0 heterocycles. The highest BCUT2D eigenvalue weighted by molar-refractivity contribution is 7.99. The van der Waals surface area contributed by atoms with E-state index in [1.807, 2.05) is 30.0 Å². The van der Waals surface area contributed by atoms with Crippen molar-refractivity contribution in [3.63, 3.8) is 0 Å². The smallest absolute Gasteiger partial charge is 0.123 e. The lowest BCUT2D eigenvalue weighted by Crippen LogP contribution is -2.13. The van der Waals surface area contributed by atoms with E-state index in [0.29, 0.717) is 0 Å². The highest BCUT2D eigenvalue weighted by atomic mass is 32.2. The van der Waals surface area contributed by atoms with E-state index in [1.165, 1.54) is 31.2 Å². The normalized spacial score (nSPS) is 16.5. The summed E-state index contributed by atoms with van der Waals surface area (Å²) >= 11 is 2.02. The lowest BCUT2D eigenvalue weighted by atomic mass is 10.1. The topological polar surface area (TPSA) is 49.9 Å². The monoisotopic (exact) mass is 234 g/mol. The number of nitrogens with one attached hydrogen (secondary N) is 1. The standard InChI is InChI=1S/C13H18N2S/c14-13(15)12-8-4-1-5-10(12)9-16-11-6-2-3-7-11/h1,4-5,8,11H,2-3,6-7,9H2,(H3,14,15). The number of thioether (sulfide) groups is 1. The summed E-state index contributed by atoms with van der Waals surface area (Å²) in [5.41, 5.74) is 7.67. The number of hydrogen-bond acceptors (Lipinski definition) is 2. The molecule has 1 aromatic carbocycles. The Bertz CT molecular complexity index is 370. The maximum absolute atomic E-state index is 7.53. The minimum atomic E-state index is 0.183. The Hall–Kier alpha value is -0.960. The van der Waals surface area contributed by atoms with E-state index < -0.39 is 0 Å². The van der Waals surface area contributed by atoms with Gasteiger partial charge >= 0.3 is 0 Å². The Balaban J connectivity index is 2.00. The molecular weight excluding hydrogens is 216 g/mol. The lowest BCUT2D eigenvalue weighted by Gasteiger charge is -2.11. The zero-order valence-corrected chi connectivity index (χ0v) is 10.2. The Labute approximate surface area is 101 Å². The zero-order valence-electron chi connectivity index (χ0n) is 9.41.